The number of aldehydes is 1. The zero-order chi connectivity index (χ0) is 36.5. The molecule has 1 saturated carbocycles. The number of nitrogens with zero attached hydrogens (tertiary/aromatic N) is 1. The monoisotopic (exact) mass is 698 g/mol. The molecule has 2 fully saturated rings. The van der Waals surface area contributed by atoms with E-state index in [1.54, 1.807) is 30.3 Å². The highest BCUT2D eigenvalue weighted by Gasteiger charge is 2.48. The molecular weight excluding hydrogens is 648 g/mol. The van der Waals surface area contributed by atoms with E-state index in [1.807, 2.05) is 13.8 Å². The average Bonchev–Trinajstić information content (AvgIpc) is 3.93. The number of carbonyl (C=O) groups is 8. The smallest absolute Gasteiger partial charge is 0.243 e. The third-order valence-corrected chi connectivity index (χ3v) is 9.14. The van der Waals surface area contributed by atoms with Crippen LogP contribution in [0.15, 0.2) is 30.3 Å². The molecule has 1 aromatic rings. The normalized spacial score (nSPS) is 16.2. The zero-order valence-corrected chi connectivity index (χ0v) is 28.9. The lowest BCUT2D eigenvalue weighted by molar-refractivity contribution is -0.141. The summed E-state index contributed by atoms with van der Waals surface area (Å²) in [5.41, 5.74) is 0.163. The average molecular weight is 699 g/mol. The number of amides is 7. The van der Waals surface area contributed by atoms with E-state index in [1.165, 1.54) is 4.90 Å². The molecule has 7 amide bonds. The molecule has 3 rings (SSSR count). The molecule has 1 aromatic carbocycles. The molecule has 0 bridgehead atoms. The summed E-state index contributed by atoms with van der Waals surface area (Å²) >= 11 is 0. The first kappa shape index (κ1) is 39.8. The molecule has 1 aliphatic carbocycles. The summed E-state index contributed by atoms with van der Waals surface area (Å²) in [5, 5.41) is 12.5. The Labute approximate surface area is 292 Å². The Kier molecular flexibility index (Phi) is 16.0. The van der Waals surface area contributed by atoms with Crippen LogP contribution >= 0.6 is 0 Å². The zero-order valence-electron chi connectivity index (χ0n) is 28.9. The number of nitrogens with one attached hydrogen (secondary N) is 5. The topological polar surface area (TPSA) is 209 Å². The predicted octanol–water partition coefficient (Wildman–Crippen LogP) is 0.256. The number of unbranched alkanes of at least 4 members (excludes halogenated alkanes) is 2. The first-order valence-electron chi connectivity index (χ1n) is 17.3. The summed E-state index contributed by atoms with van der Waals surface area (Å²) in [5.74, 6) is -2.84. The maximum Gasteiger partial charge on any atom is 0.243 e. The van der Waals surface area contributed by atoms with Gasteiger partial charge >= 0.3 is 0 Å². The molecule has 15 heteroatoms. The van der Waals surface area contributed by atoms with E-state index < -0.39 is 47.7 Å². The summed E-state index contributed by atoms with van der Waals surface area (Å²) in [7, 11) is 0. The van der Waals surface area contributed by atoms with Crippen LogP contribution in [0.4, 0.5) is 0 Å². The summed E-state index contributed by atoms with van der Waals surface area (Å²) in [6.45, 7) is 2.81. The summed E-state index contributed by atoms with van der Waals surface area (Å²) in [6, 6.07) is 7.88. The number of likely N-dealkylation sites (tertiary alicyclic amines) is 1. The van der Waals surface area contributed by atoms with Gasteiger partial charge in [-0.25, -0.2) is 0 Å². The number of ether oxygens (including phenoxy) is 1. The van der Waals surface area contributed by atoms with Crippen molar-refractivity contribution < 1.29 is 43.1 Å². The molecule has 2 unspecified atom stereocenters. The van der Waals surface area contributed by atoms with Crippen molar-refractivity contribution in [1.82, 2.24) is 31.5 Å². The molecule has 5 N–H and O–H groups in total. The number of hydrogen-bond donors (Lipinski definition) is 5. The van der Waals surface area contributed by atoms with Crippen molar-refractivity contribution in [2.45, 2.75) is 90.2 Å². The van der Waals surface area contributed by atoms with Crippen LogP contribution in [0.1, 0.15) is 77.2 Å². The number of hydrogen-bond acceptors (Lipinski definition) is 9. The highest BCUT2D eigenvalue weighted by atomic mass is 16.5. The van der Waals surface area contributed by atoms with E-state index >= 15 is 0 Å². The molecule has 1 aliphatic heterocycles. The Morgan fingerprint density at radius 2 is 1.50 bits per heavy atom. The molecule has 1 heterocycles. The van der Waals surface area contributed by atoms with E-state index in [0.29, 0.717) is 44.9 Å². The van der Waals surface area contributed by atoms with Gasteiger partial charge in [-0.05, 0) is 50.0 Å². The molecule has 50 heavy (non-hydrogen) atoms. The Hall–Kier alpha value is -4.66. The molecule has 0 aromatic heterocycles. The molecule has 0 spiro atoms. The fraction of sp³-hybridized carbons (Fsp3) is 0.600. The van der Waals surface area contributed by atoms with Gasteiger partial charge in [0, 0.05) is 25.8 Å². The molecule has 2 aliphatic rings. The molecule has 274 valence electrons. The Bertz CT molecular complexity index is 1360. The van der Waals surface area contributed by atoms with Gasteiger partial charge < -0.3 is 36.1 Å². The van der Waals surface area contributed by atoms with E-state index in [4.69, 9.17) is 4.74 Å². The molecular formula is C35H50N6O9. The number of rotatable bonds is 23. The van der Waals surface area contributed by atoms with Crippen LogP contribution < -0.4 is 26.6 Å². The van der Waals surface area contributed by atoms with Gasteiger partial charge in [-0.2, -0.15) is 0 Å². The van der Waals surface area contributed by atoms with Crippen molar-refractivity contribution >= 4 is 47.6 Å². The minimum absolute atomic E-state index is 0.110. The Balaban J connectivity index is 1.33. The summed E-state index contributed by atoms with van der Waals surface area (Å²) < 4.78 is 5.36. The van der Waals surface area contributed by atoms with Crippen LogP contribution in [0.3, 0.4) is 0 Å². The number of benzene rings is 1. The minimum atomic E-state index is -1.05. The number of imide groups is 1. The van der Waals surface area contributed by atoms with Crippen molar-refractivity contribution in [2.24, 2.45) is 11.3 Å². The molecule has 15 nitrogen and oxygen atoms in total. The van der Waals surface area contributed by atoms with Gasteiger partial charge in [0.05, 0.1) is 25.0 Å². The van der Waals surface area contributed by atoms with Gasteiger partial charge in [0.1, 0.15) is 25.2 Å². The van der Waals surface area contributed by atoms with Gasteiger partial charge in [-0.1, -0.05) is 50.6 Å². The van der Waals surface area contributed by atoms with Crippen molar-refractivity contribution in [3.63, 3.8) is 0 Å². The van der Waals surface area contributed by atoms with Gasteiger partial charge in [0.15, 0.2) is 0 Å². The highest BCUT2D eigenvalue weighted by molar-refractivity contribution is 6.05. The molecule has 1 saturated heterocycles. The van der Waals surface area contributed by atoms with Gasteiger partial charge in [-0.3, -0.25) is 38.5 Å². The van der Waals surface area contributed by atoms with Crippen LogP contribution in [0.2, 0.25) is 0 Å². The van der Waals surface area contributed by atoms with Crippen LogP contribution in [-0.2, 0) is 49.5 Å². The standard InChI is InChI=1S/C35H50N6O9/c1-3-35(4-2)18-32(47)41(34(35)49)16-10-6-9-13-28(43)36-19-29(44)37-21-31(46)40-26(17-24-11-7-5-8-12-24)33(48)38-20-30(45)39-23-50-27(22-42)25-14-15-25/h5,7-8,11-12,22,25-27H,3-4,6,9-10,13-21,23H2,1-2H3,(H,36,43)(H,37,44)(H,38,48)(H,39,45)(H,40,46). The quantitative estimate of drug-likeness (QED) is 0.0459. The van der Waals surface area contributed by atoms with Crippen LogP contribution in [0.5, 0.6) is 0 Å². The van der Waals surface area contributed by atoms with Crippen LogP contribution in [0, 0.1) is 11.3 Å². The van der Waals surface area contributed by atoms with Crippen molar-refractivity contribution in [3.05, 3.63) is 35.9 Å². The van der Waals surface area contributed by atoms with E-state index in [9.17, 15) is 38.4 Å². The summed E-state index contributed by atoms with van der Waals surface area (Å²) in [6.07, 6.45) is 5.44. The lowest BCUT2D eigenvalue weighted by atomic mass is 9.81. The third-order valence-electron chi connectivity index (χ3n) is 9.14. The van der Waals surface area contributed by atoms with Gasteiger partial charge in [0.2, 0.25) is 41.4 Å². The van der Waals surface area contributed by atoms with Crippen molar-refractivity contribution in [2.75, 3.05) is 32.9 Å². The van der Waals surface area contributed by atoms with E-state index in [2.05, 4.69) is 26.6 Å². The number of carbonyl (C=O) groups excluding carboxylic acids is 8. The minimum Gasteiger partial charge on any atom is -0.350 e. The fourth-order valence-corrected chi connectivity index (χ4v) is 5.72. The summed E-state index contributed by atoms with van der Waals surface area (Å²) in [4.78, 5) is 99.8. The lowest BCUT2D eigenvalue weighted by Crippen LogP contribution is -2.52. The Morgan fingerprint density at radius 3 is 2.14 bits per heavy atom. The second kappa shape index (κ2) is 20.1. The van der Waals surface area contributed by atoms with Gasteiger partial charge in [-0.15, -0.1) is 0 Å². The molecule has 0 radical (unpaired) electrons. The maximum absolute atomic E-state index is 13.0. The highest BCUT2D eigenvalue weighted by Crippen LogP contribution is 2.39. The van der Waals surface area contributed by atoms with Crippen molar-refractivity contribution in [3.8, 4) is 0 Å². The lowest BCUT2D eigenvalue weighted by Gasteiger charge is -2.23. The maximum atomic E-state index is 13.0. The van der Waals surface area contributed by atoms with E-state index in [0.717, 1.165) is 18.4 Å². The van der Waals surface area contributed by atoms with Crippen LogP contribution in [-0.4, -0.2) is 97.6 Å². The molecule has 2 atom stereocenters. The second-order valence-electron chi connectivity index (χ2n) is 12.8. The first-order chi connectivity index (χ1) is 24.0. The largest absolute Gasteiger partial charge is 0.350 e. The Morgan fingerprint density at radius 1 is 0.860 bits per heavy atom. The van der Waals surface area contributed by atoms with Crippen LogP contribution in [0.25, 0.3) is 0 Å². The fourth-order valence-electron chi connectivity index (χ4n) is 5.72. The SMILES string of the molecule is CCC1(CC)CC(=O)N(CCCCCC(=O)NCC(=O)NCC(=O)NC(Cc2ccccc2)C(=O)NCC(=O)NCOC(C=O)C2CC2)C1=O. The van der Waals surface area contributed by atoms with Crippen molar-refractivity contribution in [1.29, 1.82) is 0 Å². The predicted molar refractivity (Wildman–Crippen MR) is 181 cm³/mol. The van der Waals surface area contributed by atoms with Gasteiger partial charge in [0.25, 0.3) is 0 Å². The third kappa shape index (κ3) is 12.7. The first-order valence-corrected chi connectivity index (χ1v) is 17.3. The second-order valence-corrected chi connectivity index (χ2v) is 12.8. The van der Waals surface area contributed by atoms with E-state index in [-0.39, 0.29) is 62.7 Å².